The van der Waals surface area contributed by atoms with Crippen molar-refractivity contribution < 1.29 is 0 Å². The average molecular weight is 592 g/mol. The molecule has 19 heavy (non-hydrogen) atoms. The second kappa shape index (κ2) is 8.17. The number of rotatable bonds is 6. The minimum absolute atomic E-state index is 0.0323. The van der Waals surface area contributed by atoms with E-state index in [-0.39, 0.29) is -0.565 Å². The van der Waals surface area contributed by atoms with Crippen molar-refractivity contribution in [1.82, 2.24) is 0 Å². The predicted molar refractivity (Wildman–Crippen MR) is 115 cm³/mol. The Hall–Kier alpha value is 0.630. The molecule has 0 heterocycles. The topological polar surface area (TPSA) is 0 Å². The Balaban J connectivity index is 5.34. The highest BCUT2D eigenvalue weighted by Crippen LogP contribution is 2.45. The molecule has 0 saturated heterocycles. The van der Waals surface area contributed by atoms with Crippen molar-refractivity contribution in [2.45, 2.75) is 20.2 Å². The van der Waals surface area contributed by atoms with Crippen LogP contribution in [-0.4, -0.2) is -0.565 Å². The molecule has 0 aliphatic carbocycles. The Morgan fingerprint density at radius 2 is 1.21 bits per heavy atom. The van der Waals surface area contributed by atoms with Gasteiger partial charge in [0.05, 0.1) is 0 Å². The summed E-state index contributed by atoms with van der Waals surface area (Å²) in [6.07, 6.45) is 4.09. The molecule has 0 radical (unpaired) electrons. The Labute approximate surface area is 158 Å². The molecular formula is C16H19I3. The summed E-state index contributed by atoms with van der Waals surface area (Å²) in [5.41, 5.74) is 6.21. The zero-order chi connectivity index (χ0) is 15.4. The summed E-state index contributed by atoms with van der Waals surface area (Å²) in [6, 6.07) is 0. The number of allylic oxidation sites excluding steroid dienone is 8. The fourth-order valence-electron chi connectivity index (χ4n) is 1.19. The molecule has 0 rings (SSSR count). The van der Waals surface area contributed by atoms with Crippen molar-refractivity contribution in [3.05, 3.63) is 71.9 Å². The minimum Gasteiger partial charge on any atom is -0.0958 e. The van der Waals surface area contributed by atoms with Crippen LogP contribution in [0.4, 0.5) is 0 Å². The molecule has 0 saturated carbocycles. The molecule has 0 fully saturated rings. The molecule has 0 aromatic carbocycles. The smallest absolute Gasteiger partial charge is 0.0958 e. The highest BCUT2D eigenvalue weighted by molar-refractivity contribution is 14.3. The molecule has 0 unspecified atom stereocenters. The Morgan fingerprint density at radius 3 is 1.53 bits per heavy atom. The number of hydrogen-bond acceptors (Lipinski definition) is 0. The first-order valence-corrected chi connectivity index (χ1v) is 8.87. The molecule has 0 aliphatic rings. The lowest BCUT2D eigenvalue weighted by Gasteiger charge is -2.18. The Kier molecular flexibility index (Phi) is 8.44. The van der Waals surface area contributed by atoms with Crippen LogP contribution in [0.15, 0.2) is 71.9 Å². The predicted octanol–water partition coefficient (Wildman–Crippen LogP) is 7.08. The first kappa shape index (κ1) is 19.6. The summed E-state index contributed by atoms with van der Waals surface area (Å²) in [5, 5.41) is 0. The van der Waals surface area contributed by atoms with Crippen LogP contribution in [0.1, 0.15) is 20.8 Å². The summed E-state index contributed by atoms with van der Waals surface area (Å²) in [4.78, 5) is 0. The molecule has 0 amide bonds. The maximum absolute atomic E-state index is 4.10. The number of halogens is 3. The monoisotopic (exact) mass is 592 g/mol. The molecule has 0 nitrogen and oxygen atoms in total. The van der Waals surface area contributed by atoms with Gasteiger partial charge < -0.3 is 0 Å². The lowest BCUT2D eigenvalue weighted by atomic mass is 10.0. The molecular weight excluding hydrogens is 573 g/mol. The van der Waals surface area contributed by atoms with Crippen LogP contribution >= 0.6 is 67.8 Å². The van der Waals surface area contributed by atoms with Gasteiger partial charge >= 0.3 is 0 Å². The van der Waals surface area contributed by atoms with E-state index in [1.165, 1.54) is 5.57 Å². The van der Waals surface area contributed by atoms with E-state index in [1.54, 1.807) is 0 Å². The fraction of sp³-hybridized carbons (Fsp3) is 0.250. The van der Waals surface area contributed by atoms with Gasteiger partial charge in [0.2, 0.25) is 0 Å². The zero-order valence-corrected chi connectivity index (χ0v) is 18.1. The van der Waals surface area contributed by atoms with Gasteiger partial charge in [0, 0.05) is 0 Å². The molecule has 0 aliphatic heterocycles. The third kappa shape index (κ3) is 7.27. The largest absolute Gasteiger partial charge is 0.149 e. The van der Waals surface area contributed by atoms with Crippen molar-refractivity contribution in [3.63, 3.8) is 0 Å². The summed E-state index contributed by atoms with van der Waals surface area (Å²) < 4.78 is -0.0323. The maximum atomic E-state index is 4.10. The average Bonchev–Trinajstić information content (AvgIpc) is 2.22. The summed E-state index contributed by atoms with van der Waals surface area (Å²) in [6.45, 7) is 22.2. The number of alkyl halides is 3. The number of hydrogen-bond donors (Lipinski definition) is 0. The summed E-state index contributed by atoms with van der Waals surface area (Å²) in [7, 11) is 0. The van der Waals surface area contributed by atoms with Gasteiger partial charge in [0.25, 0.3) is 0 Å². The third-order valence-electron chi connectivity index (χ3n) is 2.56. The van der Waals surface area contributed by atoms with Gasteiger partial charge in [0.1, 0.15) is -0.565 Å². The van der Waals surface area contributed by atoms with Crippen LogP contribution in [0.25, 0.3) is 0 Å². The van der Waals surface area contributed by atoms with E-state index in [4.69, 9.17) is 0 Å². The molecule has 0 spiro atoms. The fourth-order valence-corrected chi connectivity index (χ4v) is 3.04. The highest BCUT2D eigenvalue weighted by atomic mass is 127. The van der Waals surface area contributed by atoms with Gasteiger partial charge in [-0.25, -0.2) is 0 Å². The second-order valence-electron chi connectivity index (χ2n) is 4.49. The third-order valence-corrected chi connectivity index (χ3v) is 4.30. The summed E-state index contributed by atoms with van der Waals surface area (Å²) in [5.74, 6) is 0. The van der Waals surface area contributed by atoms with Crippen LogP contribution < -0.4 is 0 Å². The van der Waals surface area contributed by atoms with E-state index in [1.807, 2.05) is 26.8 Å². The highest BCUT2D eigenvalue weighted by Gasteiger charge is 2.24. The lowest BCUT2D eigenvalue weighted by Crippen LogP contribution is -2.05. The normalized spacial score (nSPS) is 13.2. The van der Waals surface area contributed by atoms with Crippen molar-refractivity contribution in [1.29, 1.82) is 0 Å². The molecule has 0 aromatic rings. The summed E-state index contributed by atoms with van der Waals surface area (Å²) >= 11 is 7.17. The molecule has 104 valence electrons. The van der Waals surface area contributed by atoms with Gasteiger partial charge in [0.15, 0.2) is 0 Å². The van der Waals surface area contributed by atoms with Crippen molar-refractivity contribution in [2.24, 2.45) is 0 Å². The SMILES string of the molecule is C=C(/C=C(/C)C(=C)C)C(=C)/C=C(\C(=C)C)C(I)(I)I. The Morgan fingerprint density at radius 1 is 0.789 bits per heavy atom. The van der Waals surface area contributed by atoms with E-state index in [2.05, 4.69) is 100 Å². The van der Waals surface area contributed by atoms with Gasteiger partial charge in [-0.3, -0.25) is 0 Å². The second-order valence-corrected chi connectivity index (χ2v) is 15.5. The molecule has 3 heteroatoms. The van der Waals surface area contributed by atoms with Crippen LogP contribution in [0.3, 0.4) is 0 Å². The van der Waals surface area contributed by atoms with Crippen LogP contribution in [-0.2, 0) is 0 Å². The lowest BCUT2D eigenvalue weighted by molar-refractivity contribution is 1.33. The van der Waals surface area contributed by atoms with Crippen molar-refractivity contribution in [3.8, 4) is 0 Å². The minimum atomic E-state index is -0.0323. The van der Waals surface area contributed by atoms with Gasteiger partial charge in [-0.2, -0.15) is 0 Å². The maximum Gasteiger partial charge on any atom is 0.149 e. The van der Waals surface area contributed by atoms with E-state index in [0.29, 0.717) is 0 Å². The molecule has 0 bridgehead atoms. The van der Waals surface area contributed by atoms with E-state index >= 15 is 0 Å². The standard InChI is InChI=1S/C16H19I3/c1-10(2)12(5)8-13(6)14(7)9-15(11(3)4)16(17,18)19/h8-9H,1,3,6-7H2,2,4-5H3/b12-8-,15-9+. The van der Waals surface area contributed by atoms with Crippen molar-refractivity contribution >= 4 is 67.8 Å². The molecule has 0 N–H and O–H groups in total. The van der Waals surface area contributed by atoms with E-state index in [0.717, 1.165) is 27.9 Å². The van der Waals surface area contributed by atoms with Gasteiger partial charge in [-0.1, -0.05) is 43.5 Å². The van der Waals surface area contributed by atoms with Crippen molar-refractivity contribution in [2.75, 3.05) is 0 Å². The van der Waals surface area contributed by atoms with Gasteiger partial charge in [-0.15, -0.1) is 0 Å². The Bertz CT molecular complexity index is 483. The van der Waals surface area contributed by atoms with E-state index in [9.17, 15) is 0 Å². The zero-order valence-electron chi connectivity index (χ0n) is 11.6. The molecule has 0 aromatic heterocycles. The van der Waals surface area contributed by atoms with Gasteiger partial charge in [-0.05, 0) is 117 Å². The quantitative estimate of drug-likeness (QED) is 0.176. The van der Waals surface area contributed by atoms with E-state index < -0.39 is 0 Å². The van der Waals surface area contributed by atoms with Crippen LogP contribution in [0, 0.1) is 0 Å². The van der Waals surface area contributed by atoms with Crippen LogP contribution in [0.2, 0.25) is 0 Å². The van der Waals surface area contributed by atoms with Crippen LogP contribution in [0.5, 0.6) is 0 Å². The first-order valence-electron chi connectivity index (χ1n) is 5.64. The molecule has 0 atom stereocenters. The first-order chi connectivity index (χ1) is 8.46.